The van der Waals surface area contributed by atoms with E-state index in [4.69, 9.17) is 4.74 Å². The lowest BCUT2D eigenvalue weighted by atomic mass is 10.0. The van der Waals surface area contributed by atoms with E-state index in [9.17, 15) is 13.6 Å². The number of hydrogen-bond donors (Lipinski definition) is 1. The molecule has 1 aliphatic heterocycles. The van der Waals surface area contributed by atoms with Crippen molar-refractivity contribution in [1.29, 1.82) is 0 Å². The van der Waals surface area contributed by atoms with Crippen molar-refractivity contribution in [3.8, 4) is 0 Å². The third-order valence-electron chi connectivity index (χ3n) is 3.58. The summed E-state index contributed by atoms with van der Waals surface area (Å²) in [4.78, 5) is 13.8. The molecule has 1 amide bonds. The molecule has 0 radical (unpaired) electrons. The van der Waals surface area contributed by atoms with Gasteiger partial charge in [0.1, 0.15) is 0 Å². The van der Waals surface area contributed by atoms with Crippen LogP contribution in [0.2, 0.25) is 0 Å². The summed E-state index contributed by atoms with van der Waals surface area (Å²) in [5, 5.41) is 3.16. The van der Waals surface area contributed by atoms with Crippen molar-refractivity contribution in [2.45, 2.75) is 25.3 Å². The van der Waals surface area contributed by atoms with Gasteiger partial charge in [0.2, 0.25) is 5.91 Å². The molecule has 0 aromatic heterocycles. The number of benzene rings is 1. The lowest BCUT2D eigenvalue weighted by molar-refractivity contribution is -0.133. The number of nitrogens with zero attached hydrogens (tertiary/aromatic N) is 1. The van der Waals surface area contributed by atoms with Gasteiger partial charge in [0.25, 0.3) is 0 Å². The monoisotopic (exact) mass is 298 g/mol. The standard InChI is InChI=1S/C15H20F2N2O2/c1-21-8-6-15(20)19-7-2-3-12(10-19)18-11-4-5-13(16)14(17)9-11/h4-5,9,12,18H,2-3,6-8,10H2,1H3/t12-/m0/s1. The van der Waals surface area contributed by atoms with Gasteiger partial charge in [-0.25, -0.2) is 8.78 Å². The van der Waals surface area contributed by atoms with Crippen molar-refractivity contribution in [2.75, 3.05) is 32.1 Å². The highest BCUT2D eigenvalue weighted by atomic mass is 19.2. The number of likely N-dealkylation sites (tertiary alicyclic amines) is 1. The first-order chi connectivity index (χ1) is 10.1. The van der Waals surface area contributed by atoms with Crippen LogP contribution in [0.1, 0.15) is 19.3 Å². The Morgan fingerprint density at radius 2 is 2.24 bits per heavy atom. The van der Waals surface area contributed by atoms with E-state index in [1.165, 1.54) is 6.07 Å². The van der Waals surface area contributed by atoms with Gasteiger partial charge in [-0.15, -0.1) is 0 Å². The predicted molar refractivity (Wildman–Crippen MR) is 76.1 cm³/mol. The number of amides is 1. The number of anilines is 1. The molecule has 0 spiro atoms. The van der Waals surface area contributed by atoms with E-state index in [1.807, 2.05) is 0 Å². The molecule has 0 bridgehead atoms. The molecule has 2 rings (SSSR count). The summed E-state index contributed by atoms with van der Waals surface area (Å²) < 4.78 is 31.0. The second-order valence-electron chi connectivity index (χ2n) is 5.19. The van der Waals surface area contributed by atoms with E-state index < -0.39 is 11.6 Å². The van der Waals surface area contributed by atoms with Gasteiger partial charge in [-0.05, 0) is 25.0 Å². The number of halogens is 2. The van der Waals surface area contributed by atoms with Crippen molar-refractivity contribution in [1.82, 2.24) is 4.90 Å². The molecule has 6 heteroatoms. The zero-order valence-corrected chi connectivity index (χ0v) is 12.1. The van der Waals surface area contributed by atoms with E-state index in [0.29, 0.717) is 25.3 Å². The molecule has 1 aliphatic rings. The van der Waals surface area contributed by atoms with Crippen LogP contribution in [0.15, 0.2) is 18.2 Å². The van der Waals surface area contributed by atoms with Crippen molar-refractivity contribution in [2.24, 2.45) is 0 Å². The summed E-state index contributed by atoms with van der Waals surface area (Å²) in [6.45, 7) is 1.72. The minimum atomic E-state index is -0.871. The highest BCUT2D eigenvalue weighted by Gasteiger charge is 2.23. The molecule has 1 atom stereocenters. The number of nitrogens with one attached hydrogen (secondary N) is 1. The minimum Gasteiger partial charge on any atom is -0.384 e. The number of rotatable bonds is 5. The Morgan fingerprint density at radius 3 is 2.95 bits per heavy atom. The highest BCUT2D eigenvalue weighted by Crippen LogP contribution is 2.18. The first-order valence-corrected chi connectivity index (χ1v) is 7.08. The largest absolute Gasteiger partial charge is 0.384 e. The third kappa shape index (κ3) is 4.39. The Kier molecular flexibility index (Phi) is 5.50. The Balaban J connectivity index is 1.91. The van der Waals surface area contributed by atoms with Gasteiger partial charge >= 0.3 is 0 Å². The molecule has 1 fully saturated rings. The van der Waals surface area contributed by atoms with Crippen molar-refractivity contribution in [3.63, 3.8) is 0 Å². The number of piperidine rings is 1. The zero-order valence-electron chi connectivity index (χ0n) is 12.1. The lowest BCUT2D eigenvalue weighted by Gasteiger charge is -2.33. The van der Waals surface area contributed by atoms with Gasteiger partial charge in [0.15, 0.2) is 11.6 Å². The van der Waals surface area contributed by atoms with Crippen LogP contribution in [0.5, 0.6) is 0 Å². The van der Waals surface area contributed by atoms with Crippen LogP contribution in [-0.2, 0) is 9.53 Å². The smallest absolute Gasteiger partial charge is 0.224 e. The maximum absolute atomic E-state index is 13.2. The van der Waals surface area contributed by atoms with Crippen molar-refractivity contribution in [3.05, 3.63) is 29.8 Å². The van der Waals surface area contributed by atoms with Crippen LogP contribution in [0.4, 0.5) is 14.5 Å². The molecule has 116 valence electrons. The zero-order chi connectivity index (χ0) is 15.2. The molecular formula is C15H20F2N2O2. The van der Waals surface area contributed by atoms with E-state index in [2.05, 4.69) is 5.32 Å². The summed E-state index contributed by atoms with van der Waals surface area (Å²) in [7, 11) is 1.57. The average molecular weight is 298 g/mol. The molecule has 1 aromatic rings. The van der Waals surface area contributed by atoms with Crippen LogP contribution in [0.3, 0.4) is 0 Å². The van der Waals surface area contributed by atoms with E-state index in [0.717, 1.165) is 31.5 Å². The summed E-state index contributed by atoms with van der Waals surface area (Å²) in [5.41, 5.74) is 0.532. The minimum absolute atomic E-state index is 0.0510. The molecule has 1 saturated heterocycles. The summed E-state index contributed by atoms with van der Waals surface area (Å²) in [6.07, 6.45) is 2.15. The Morgan fingerprint density at radius 1 is 1.43 bits per heavy atom. The number of carbonyl (C=O) groups is 1. The normalized spacial score (nSPS) is 18.6. The van der Waals surface area contributed by atoms with Crippen LogP contribution in [0, 0.1) is 11.6 Å². The van der Waals surface area contributed by atoms with Gasteiger partial charge in [-0.2, -0.15) is 0 Å². The van der Waals surface area contributed by atoms with Crippen molar-refractivity contribution < 1.29 is 18.3 Å². The molecule has 0 aliphatic carbocycles. The lowest BCUT2D eigenvalue weighted by Crippen LogP contribution is -2.45. The number of methoxy groups -OCH3 is 1. The Labute approximate surface area is 123 Å². The van der Waals surface area contributed by atoms with E-state index >= 15 is 0 Å². The average Bonchev–Trinajstić information content (AvgIpc) is 2.49. The van der Waals surface area contributed by atoms with Gasteiger partial charge in [0, 0.05) is 38.0 Å². The molecular weight excluding hydrogens is 278 g/mol. The number of hydrogen-bond acceptors (Lipinski definition) is 3. The van der Waals surface area contributed by atoms with Crippen LogP contribution < -0.4 is 5.32 Å². The van der Waals surface area contributed by atoms with Crippen LogP contribution in [0.25, 0.3) is 0 Å². The van der Waals surface area contributed by atoms with Crippen molar-refractivity contribution >= 4 is 11.6 Å². The molecule has 1 heterocycles. The van der Waals surface area contributed by atoms with Gasteiger partial charge < -0.3 is 15.0 Å². The van der Waals surface area contributed by atoms with Crippen LogP contribution >= 0.6 is 0 Å². The Bertz CT molecular complexity index is 497. The number of ether oxygens (including phenoxy) is 1. The SMILES string of the molecule is COCCC(=O)N1CCC[C@H](Nc2ccc(F)c(F)c2)C1. The second-order valence-corrected chi connectivity index (χ2v) is 5.19. The van der Waals surface area contributed by atoms with Crippen LogP contribution in [-0.4, -0.2) is 43.7 Å². The van der Waals surface area contributed by atoms with Gasteiger partial charge in [-0.1, -0.05) is 0 Å². The summed E-state index contributed by atoms with van der Waals surface area (Å²) in [6, 6.07) is 3.79. The topological polar surface area (TPSA) is 41.6 Å². The second kappa shape index (κ2) is 7.36. The maximum Gasteiger partial charge on any atom is 0.224 e. The Hall–Kier alpha value is -1.69. The van der Waals surface area contributed by atoms with E-state index in [1.54, 1.807) is 12.0 Å². The molecule has 0 saturated carbocycles. The first kappa shape index (κ1) is 15.7. The quantitative estimate of drug-likeness (QED) is 0.907. The summed E-state index contributed by atoms with van der Waals surface area (Å²) in [5.74, 6) is -1.67. The number of carbonyl (C=O) groups excluding carboxylic acids is 1. The third-order valence-corrected chi connectivity index (χ3v) is 3.58. The molecule has 1 aromatic carbocycles. The summed E-state index contributed by atoms with van der Waals surface area (Å²) >= 11 is 0. The predicted octanol–water partition coefficient (Wildman–Crippen LogP) is 2.40. The fraction of sp³-hybridized carbons (Fsp3) is 0.533. The molecule has 1 N–H and O–H groups in total. The molecule has 21 heavy (non-hydrogen) atoms. The van der Waals surface area contributed by atoms with E-state index in [-0.39, 0.29) is 11.9 Å². The highest BCUT2D eigenvalue weighted by molar-refractivity contribution is 5.76. The first-order valence-electron chi connectivity index (χ1n) is 7.08. The van der Waals surface area contributed by atoms with Gasteiger partial charge in [0.05, 0.1) is 13.0 Å². The molecule has 4 nitrogen and oxygen atoms in total. The fourth-order valence-electron chi connectivity index (χ4n) is 2.49. The van der Waals surface area contributed by atoms with Gasteiger partial charge in [-0.3, -0.25) is 4.79 Å². The molecule has 0 unspecified atom stereocenters. The fourth-order valence-corrected chi connectivity index (χ4v) is 2.49. The maximum atomic E-state index is 13.2.